The Labute approximate surface area is 112 Å². The first-order valence-corrected chi connectivity index (χ1v) is 7.68. The highest BCUT2D eigenvalue weighted by molar-refractivity contribution is 5.80. The summed E-state index contributed by atoms with van der Waals surface area (Å²) in [4.78, 5) is 11.7. The molecule has 2 unspecified atom stereocenters. The Bertz CT molecular complexity index is 249. The Balaban J connectivity index is 2.16. The van der Waals surface area contributed by atoms with Gasteiger partial charge in [0.1, 0.15) is 0 Å². The van der Waals surface area contributed by atoms with Gasteiger partial charge in [0.25, 0.3) is 0 Å². The van der Waals surface area contributed by atoms with Crippen LogP contribution in [-0.4, -0.2) is 12.5 Å². The van der Waals surface area contributed by atoms with E-state index in [9.17, 15) is 4.79 Å². The lowest BCUT2D eigenvalue weighted by Crippen LogP contribution is -2.27. The van der Waals surface area contributed by atoms with Gasteiger partial charge in [0.05, 0.1) is 5.92 Å². The zero-order valence-corrected chi connectivity index (χ0v) is 11.9. The van der Waals surface area contributed by atoms with Crippen LogP contribution in [-0.2, 0) is 4.79 Å². The average molecular weight is 251 g/mol. The van der Waals surface area contributed by atoms with Crippen molar-refractivity contribution in [3.63, 3.8) is 0 Å². The van der Waals surface area contributed by atoms with E-state index in [4.69, 9.17) is 0 Å². The van der Waals surface area contributed by atoms with E-state index in [0.717, 1.165) is 19.4 Å². The number of carbonyl (C=O) groups is 1. The number of amides is 1. The number of hydrogen-bond donors (Lipinski definition) is 1. The lowest BCUT2D eigenvalue weighted by molar-refractivity contribution is -0.123. The minimum absolute atomic E-state index is 0.0394. The molecule has 1 N–H and O–H groups in total. The van der Waals surface area contributed by atoms with Gasteiger partial charge in [0, 0.05) is 6.54 Å². The lowest BCUT2D eigenvalue weighted by Gasteiger charge is -2.15. The topological polar surface area (TPSA) is 29.1 Å². The highest BCUT2D eigenvalue weighted by Gasteiger charge is 2.23. The third-order valence-electron chi connectivity index (χ3n) is 4.03. The van der Waals surface area contributed by atoms with Gasteiger partial charge in [-0.2, -0.15) is 0 Å². The van der Waals surface area contributed by atoms with E-state index >= 15 is 0 Å². The molecule has 0 spiro atoms. The van der Waals surface area contributed by atoms with E-state index in [1.807, 2.05) is 6.08 Å². The van der Waals surface area contributed by atoms with Crippen molar-refractivity contribution in [2.75, 3.05) is 6.54 Å². The maximum absolute atomic E-state index is 11.7. The first kappa shape index (κ1) is 15.3. The summed E-state index contributed by atoms with van der Waals surface area (Å²) in [5.74, 6) is 0.922. The van der Waals surface area contributed by atoms with Crippen LogP contribution in [0.1, 0.15) is 64.7 Å². The van der Waals surface area contributed by atoms with Gasteiger partial charge in [-0.25, -0.2) is 0 Å². The Morgan fingerprint density at radius 2 is 2.00 bits per heavy atom. The Morgan fingerprint density at radius 1 is 1.28 bits per heavy atom. The summed E-state index contributed by atoms with van der Waals surface area (Å²) in [7, 11) is 0. The summed E-state index contributed by atoms with van der Waals surface area (Å²) < 4.78 is 0. The lowest BCUT2D eigenvalue weighted by atomic mass is 9.89. The minimum Gasteiger partial charge on any atom is -0.356 e. The molecule has 2 nitrogen and oxygen atoms in total. The number of unbranched alkanes of at least 4 members (excludes halogenated alkanes) is 5. The van der Waals surface area contributed by atoms with Crippen molar-refractivity contribution in [3.05, 3.63) is 12.7 Å². The van der Waals surface area contributed by atoms with Gasteiger partial charge in [0.2, 0.25) is 5.91 Å². The summed E-state index contributed by atoms with van der Waals surface area (Å²) in [6.07, 6.45) is 13.4. The van der Waals surface area contributed by atoms with E-state index in [2.05, 4.69) is 18.8 Å². The highest BCUT2D eigenvalue weighted by Crippen LogP contribution is 2.25. The third-order valence-corrected chi connectivity index (χ3v) is 4.03. The molecule has 1 fully saturated rings. The molecule has 0 radical (unpaired) electrons. The largest absolute Gasteiger partial charge is 0.356 e. The van der Waals surface area contributed by atoms with Crippen molar-refractivity contribution in [1.29, 1.82) is 0 Å². The molecule has 1 amide bonds. The van der Waals surface area contributed by atoms with E-state index in [0.29, 0.717) is 5.92 Å². The maximum Gasteiger partial charge on any atom is 0.226 e. The van der Waals surface area contributed by atoms with Crippen LogP contribution in [0.5, 0.6) is 0 Å². The van der Waals surface area contributed by atoms with Gasteiger partial charge in [-0.05, 0) is 18.8 Å². The van der Waals surface area contributed by atoms with Crippen LogP contribution in [0.25, 0.3) is 0 Å². The molecule has 0 aromatic heterocycles. The van der Waals surface area contributed by atoms with Crippen LogP contribution in [0.3, 0.4) is 0 Å². The molecule has 18 heavy (non-hydrogen) atoms. The standard InChI is InChI=1S/C16H29NO/c1-3-5-6-7-8-9-10-14-11-12-17-16(18)15(4-2)13-14/h4,14-15H,2-3,5-13H2,1H3,(H,17,18). The van der Waals surface area contributed by atoms with E-state index in [1.165, 1.54) is 44.9 Å². The fraction of sp³-hybridized carbons (Fsp3) is 0.812. The van der Waals surface area contributed by atoms with Crippen LogP contribution in [0.15, 0.2) is 12.7 Å². The molecule has 1 aliphatic heterocycles. The summed E-state index contributed by atoms with van der Waals surface area (Å²) in [6, 6.07) is 0. The fourth-order valence-corrected chi connectivity index (χ4v) is 2.79. The van der Waals surface area contributed by atoms with Gasteiger partial charge in [-0.15, -0.1) is 6.58 Å². The smallest absolute Gasteiger partial charge is 0.226 e. The maximum atomic E-state index is 11.7. The monoisotopic (exact) mass is 251 g/mol. The molecule has 2 atom stereocenters. The van der Waals surface area contributed by atoms with Gasteiger partial charge in [-0.1, -0.05) is 57.9 Å². The van der Waals surface area contributed by atoms with E-state index < -0.39 is 0 Å². The SMILES string of the molecule is C=CC1CC(CCCCCCCC)CCNC1=O. The zero-order valence-electron chi connectivity index (χ0n) is 11.9. The second-order valence-corrected chi connectivity index (χ2v) is 5.58. The van der Waals surface area contributed by atoms with Crippen molar-refractivity contribution >= 4 is 5.91 Å². The molecule has 0 aliphatic carbocycles. The Kier molecular flexibility index (Phi) is 7.79. The van der Waals surface area contributed by atoms with Crippen molar-refractivity contribution < 1.29 is 4.79 Å². The second-order valence-electron chi connectivity index (χ2n) is 5.58. The normalized spacial score (nSPS) is 24.4. The molecule has 1 aliphatic rings. The quantitative estimate of drug-likeness (QED) is 0.511. The molecule has 0 aromatic rings. The van der Waals surface area contributed by atoms with E-state index in [-0.39, 0.29) is 11.8 Å². The van der Waals surface area contributed by atoms with Crippen molar-refractivity contribution in [1.82, 2.24) is 5.32 Å². The van der Waals surface area contributed by atoms with E-state index in [1.54, 1.807) is 0 Å². The fourth-order valence-electron chi connectivity index (χ4n) is 2.79. The van der Waals surface area contributed by atoms with Crippen LogP contribution >= 0.6 is 0 Å². The molecule has 1 saturated heterocycles. The number of rotatable bonds is 8. The summed E-state index contributed by atoms with van der Waals surface area (Å²) in [5, 5.41) is 2.98. The third kappa shape index (κ3) is 5.70. The van der Waals surface area contributed by atoms with Crippen molar-refractivity contribution in [2.24, 2.45) is 11.8 Å². The van der Waals surface area contributed by atoms with Crippen LogP contribution < -0.4 is 5.32 Å². The van der Waals surface area contributed by atoms with Gasteiger partial charge < -0.3 is 5.32 Å². The second kappa shape index (κ2) is 9.18. The molecule has 104 valence electrons. The average Bonchev–Trinajstić information content (AvgIpc) is 2.55. The summed E-state index contributed by atoms with van der Waals surface area (Å²) >= 11 is 0. The number of nitrogens with one attached hydrogen (secondary N) is 1. The molecule has 2 heteroatoms. The molecule has 0 bridgehead atoms. The predicted molar refractivity (Wildman–Crippen MR) is 77.4 cm³/mol. The highest BCUT2D eigenvalue weighted by atomic mass is 16.1. The Hall–Kier alpha value is -0.790. The van der Waals surface area contributed by atoms with Gasteiger partial charge >= 0.3 is 0 Å². The van der Waals surface area contributed by atoms with Gasteiger partial charge in [0.15, 0.2) is 0 Å². The van der Waals surface area contributed by atoms with Crippen molar-refractivity contribution in [3.8, 4) is 0 Å². The van der Waals surface area contributed by atoms with Crippen molar-refractivity contribution in [2.45, 2.75) is 64.7 Å². The molecule has 1 rings (SSSR count). The molecule has 0 aromatic carbocycles. The van der Waals surface area contributed by atoms with Crippen LogP contribution in [0.4, 0.5) is 0 Å². The molecule has 1 heterocycles. The van der Waals surface area contributed by atoms with Crippen LogP contribution in [0, 0.1) is 11.8 Å². The molecular weight excluding hydrogens is 222 g/mol. The Morgan fingerprint density at radius 3 is 2.72 bits per heavy atom. The molecular formula is C16H29NO. The predicted octanol–water partition coefficient (Wildman–Crippen LogP) is 4.07. The number of carbonyl (C=O) groups excluding carboxylic acids is 1. The van der Waals surface area contributed by atoms with Crippen LogP contribution in [0.2, 0.25) is 0 Å². The molecule has 0 saturated carbocycles. The zero-order chi connectivity index (χ0) is 13.2. The summed E-state index contributed by atoms with van der Waals surface area (Å²) in [5.41, 5.74) is 0. The number of hydrogen-bond acceptors (Lipinski definition) is 1. The minimum atomic E-state index is 0.0394. The first-order valence-electron chi connectivity index (χ1n) is 7.68. The van der Waals surface area contributed by atoms with Gasteiger partial charge in [-0.3, -0.25) is 4.79 Å². The summed E-state index contributed by atoms with van der Waals surface area (Å²) in [6.45, 7) is 6.89. The first-order chi connectivity index (χ1) is 8.77.